The Kier molecular flexibility index (Phi) is 4.48. The Hall–Kier alpha value is -3.75. The highest BCUT2D eigenvalue weighted by molar-refractivity contribution is 5.59. The normalized spacial score (nSPS) is 10.7. The summed E-state index contributed by atoms with van der Waals surface area (Å²) in [6.07, 6.45) is 1.89. The number of rotatable bonds is 6. The van der Waals surface area contributed by atoms with E-state index in [-0.39, 0.29) is 6.42 Å². The molecule has 4 aromatic rings. The van der Waals surface area contributed by atoms with Crippen LogP contribution >= 0.6 is 0 Å². The summed E-state index contributed by atoms with van der Waals surface area (Å²) in [6.45, 7) is 0. The van der Waals surface area contributed by atoms with E-state index < -0.39 is 0 Å². The van der Waals surface area contributed by atoms with Crippen molar-refractivity contribution in [3.63, 3.8) is 0 Å². The molecule has 0 radical (unpaired) electrons. The Labute approximate surface area is 154 Å². The van der Waals surface area contributed by atoms with Gasteiger partial charge in [0.15, 0.2) is 11.5 Å². The maximum absolute atomic E-state index is 5.70. The lowest BCUT2D eigenvalue weighted by molar-refractivity contribution is 0.355. The molecule has 0 bridgehead atoms. The lowest BCUT2D eigenvalue weighted by atomic mass is 10.2. The molecular weight excluding hydrogens is 350 g/mol. The number of hydrogen-bond acceptors (Lipinski definition) is 9. The molecule has 0 aliphatic heterocycles. The summed E-state index contributed by atoms with van der Waals surface area (Å²) >= 11 is 0. The molecule has 136 valence electrons. The lowest BCUT2D eigenvalue weighted by Crippen LogP contribution is -1.90. The van der Waals surface area contributed by atoms with Crippen molar-refractivity contribution in [1.29, 1.82) is 0 Å². The highest BCUT2D eigenvalue weighted by Gasteiger charge is 2.16. The predicted molar refractivity (Wildman–Crippen MR) is 93.2 cm³/mol. The molecule has 9 heteroatoms. The molecule has 4 rings (SSSR count). The average molecular weight is 365 g/mol. The maximum atomic E-state index is 5.70. The third kappa shape index (κ3) is 3.47. The van der Waals surface area contributed by atoms with Gasteiger partial charge < -0.3 is 18.4 Å². The van der Waals surface area contributed by atoms with E-state index in [9.17, 15) is 0 Å². The molecule has 0 N–H and O–H groups in total. The zero-order valence-corrected chi connectivity index (χ0v) is 14.6. The van der Waals surface area contributed by atoms with Gasteiger partial charge in [-0.25, -0.2) is 0 Å². The zero-order valence-electron chi connectivity index (χ0n) is 14.6. The van der Waals surface area contributed by atoms with Gasteiger partial charge >= 0.3 is 0 Å². The van der Waals surface area contributed by atoms with Crippen LogP contribution in [0.15, 0.2) is 51.5 Å². The Morgan fingerprint density at radius 2 is 1.85 bits per heavy atom. The number of ether oxygens (including phenoxy) is 2. The first-order valence-corrected chi connectivity index (χ1v) is 8.05. The molecule has 0 fully saturated rings. The van der Waals surface area contributed by atoms with Crippen LogP contribution in [0.1, 0.15) is 11.8 Å². The van der Waals surface area contributed by atoms with Crippen LogP contribution in [0.2, 0.25) is 0 Å². The van der Waals surface area contributed by atoms with Gasteiger partial charge in [-0.15, -0.1) is 10.2 Å². The number of methoxy groups -OCH3 is 2. The molecule has 9 nitrogen and oxygen atoms in total. The molecule has 3 aromatic heterocycles. The first-order valence-electron chi connectivity index (χ1n) is 8.05. The van der Waals surface area contributed by atoms with Crippen molar-refractivity contribution in [3.05, 3.63) is 54.4 Å². The molecular formula is C18H15N5O4. The molecule has 1 aromatic carbocycles. The first-order chi connectivity index (χ1) is 13.3. The fraction of sp³-hybridized carbons (Fsp3) is 0.167. The molecule has 3 heterocycles. The second-order valence-electron chi connectivity index (χ2n) is 5.47. The molecule has 0 aliphatic carbocycles. The van der Waals surface area contributed by atoms with E-state index >= 15 is 0 Å². The summed E-state index contributed by atoms with van der Waals surface area (Å²) in [7, 11) is 3.14. The van der Waals surface area contributed by atoms with Crippen LogP contribution in [0.25, 0.3) is 23.0 Å². The van der Waals surface area contributed by atoms with E-state index in [1.807, 2.05) is 18.2 Å². The Morgan fingerprint density at radius 3 is 2.63 bits per heavy atom. The van der Waals surface area contributed by atoms with Gasteiger partial charge in [0, 0.05) is 11.8 Å². The standard InChI is InChI=1S/C18H15N5O4/c1-24-13-7-6-11(9-14(13)25-2)18-22-21-16(26-18)10-15-20-17(23-27-15)12-5-3-4-8-19-12/h3-9H,10H2,1-2H3. The number of hydrogen-bond donors (Lipinski definition) is 0. The number of nitrogens with zero attached hydrogens (tertiary/aromatic N) is 5. The average Bonchev–Trinajstić information content (AvgIpc) is 3.38. The van der Waals surface area contributed by atoms with E-state index in [1.165, 1.54) is 0 Å². The summed E-state index contributed by atoms with van der Waals surface area (Å²) in [6, 6.07) is 10.8. The maximum Gasteiger partial charge on any atom is 0.247 e. The quantitative estimate of drug-likeness (QED) is 0.509. The van der Waals surface area contributed by atoms with Gasteiger partial charge in [0.25, 0.3) is 0 Å². The van der Waals surface area contributed by atoms with Gasteiger partial charge in [-0.3, -0.25) is 4.98 Å². The van der Waals surface area contributed by atoms with Crippen LogP contribution in [0, 0.1) is 0 Å². The summed E-state index contributed by atoms with van der Waals surface area (Å²) in [5, 5.41) is 12.0. The molecule has 0 saturated carbocycles. The topological polar surface area (TPSA) is 109 Å². The van der Waals surface area contributed by atoms with Gasteiger partial charge in [0.1, 0.15) is 12.1 Å². The van der Waals surface area contributed by atoms with Crippen LogP contribution in [0.5, 0.6) is 11.5 Å². The van der Waals surface area contributed by atoms with Crippen molar-refractivity contribution in [2.24, 2.45) is 0 Å². The predicted octanol–water partition coefficient (Wildman–Crippen LogP) is 2.79. The Morgan fingerprint density at radius 1 is 0.963 bits per heavy atom. The minimum Gasteiger partial charge on any atom is -0.493 e. The van der Waals surface area contributed by atoms with Crippen molar-refractivity contribution in [3.8, 4) is 34.5 Å². The van der Waals surface area contributed by atoms with Crippen LogP contribution in [-0.4, -0.2) is 39.5 Å². The first kappa shape index (κ1) is 16.7. The molecule has 0 atom stereocenters. The zero-order chi connectivity index (χ0) is 18.6. The van der Waals surface area contributed by atoms with Gasteiger partial charge in [-0.1, -0.05) is 11.2 Å². The Balaban J connectivity index is 1.53. The summed E-state index contributed by atoms with van der Waals surface area (Å²) in [4.78, 5) is 8.49. The van der Waals surface area contributed by atoms with Crippen molar-refractivity contribution in [2.75, 3.05) is 14.2 Å². The molecule has 0 aliphatic rings. The van der Waals surface area contributed by atoms with Crippen LogP contribution in [0.3, 0.4) is 0 Å². The summed E-state index contributed by atoms with van der Waals surface area (Å²) in [5.41, 5.74) is 1.34. The molecule has 0 saturated heterocycles. The van der Waals surface area contributed by atoms with Gasteiger partial charge in [0.05, 0.1) is 14.2 Å². The van der Waals surface area contributed by atoms with Gasteiger partial charge in [-0.2, -0.15) is 4.98 Å². The van der Waals surface area contributed by atoms with Crippen molar-refractivity contribution in [2.45, 2.75) is 6.42 Å². The second kappa shape index (κ2) is 7.24. The van der Waals surface area contributed by atoms with E-state index in [0.29, 0.717) is 46.3 Å². The minimum absolute atomic E-state index is 0.222. The lowest BCUT2D eigenvalue weighted by Gasteiger charge is -2.07. The van der Waals surface area contributed by atoms with E-state index in [0.717, 1.165) is 0 Å². The van der Waals surface area contributed by atoms with Crippen LogP contribution in [-0.2, 0) is 6.42 Å². The highest BCUT2D eigenvalue weighted by Crippen LogP contribution is 2.31. The van der Waals surface area contributed by atoms with Crippen molar-refractivity contribution < 1.29 is 18.4 Å². The van der Waals surface area contributed by atoms with Gasteiger partial charge in [0.2, 0.25) is 23.5 Å². The van der Waals surface area contributed by atoms with E-state index in [1.54, 1.807) is 38.6 Å². The third-order valence-corrected chi connectivity index (χ3v) is 3.76. The Bertz CT molecular complexity index is 1040. The SMILES string of the molecule is COc1ccc(-c2nnc(Cc3nc(-c4ccccn4)no3)o2)cc1OC. The number of benzene rings is 1. The van der Waals surface area contributed by atoms with Crippen LogP contribution in [0.4, 0.5) is 0 Å². The monoisotopic (exact) mass is 365 g/mol. The summed E-state index contributed by atoms with van der Waals surface area (Å²) < 4.78 is 21.5. The van der Waals surface area contributed by atoms with Crippen molar-refractivity contribution >= 4 is 0 Å². The smallest absolute Gasteiger partial charge is 0.247 e. The van der Waals surface area contributed by atoms with E-state index in [4.69, 9.17) is 18.4 Å². The van der Waals surface area contributed by atoms with Gasteiger partial charge in [-0.05, 0) is 30.3 Å². The molecule has 0 spiro atoms. The second-order valence-corrected chi connectivity index (χ2v) is 5.47. The number of aromatic nitrogens is 5. The van der Waals surface area contributed by atoms with Crippen LogP contribution < -0.4 is 9.47 Å². The molecule has 0 amide bonds. The largest absolute Gasteiger partial charge is 0.493 e. The van der Waals surface area contributed by atoms with Crippen molar-refractivity contribution in [1.82, 2.24) is 25.3 Å². The number of pyridine rings is 1. The summed E-state index contributed by atoms with van der Waals surface area (Å²) in [5.74, 6) is 2.68. The third-order valence-electron chi connectivity index (χ3n) is 3.76. The molecule has 0 unspecified atom stereocenters. The highest BCUT2D eigenvalue weighted by atomic mass is 16.5. The molecule has 27 heavy (non-hydrogen) atoms. The fourth-order valence-corrected chi connectivity index (χ4v) is 2.47. The fourth-order valence-electron chi connectivity index (χ4n) is 2.47. The van der Waals surface area contributed by atoms with E-state index in [2.05, 4.69) is 25.3 Å². The minimum atomic E-state index is 0.222.